The first-order valence-electron chi connectivity index (χ1n) is 9.91. The van der Waals surface area contributed by atoms with Crippen LogP contribution in [0.3, 0.4) is 0 Å². The van der Waals surface area contributed by atoms with Gasteiger partial charge in [-0.15, -0.1) is 0 Å². The van der Waals surface area contributed by atoms with Gasteiger partial charge in [-0.25, -0.2) is 0 Å². The summed E-state index contributed by atoms with van der Waals surface area (Å²) >= 11 is 0. The first kappa shape index (κ1) is 18.9. The minimum absolute atomic E-state index is 0.112. The quantitative estimate of drug-likeness (QED) is 0.835. The molecule has 0 atom stereocenters. The molecular formula is C21H31N3O2. The minimum atomic E-state index is 0.112. The van der Waals surface area contributed by atoms with E-state index in [1.807, 2.05) is 35.8 Å². The molecule has 2 amide bonds. The Morgan fingerprint density at radius 2 is 1.50 bits per heavy atom. The second-order valence-corrected chi connectivity index (χ2v) is 7.68. The van der Waals surface area contributed by atoms with E-state index in [9.17, 15) is 9.59 Å². The van der Waals surface area contributed by atoms with Crippen LogP contribution < -0.4 is 0 Å². The fourth-order valence-electron chi connectivity index (χ4n) is 3.94. The van der Waals surface area contributed by atoms with E-state index < -0.39 is 0 Å². The molecule has 5 nitrogen and oxygen atoms in total. The summed E-state index contributed by atoms with van der Waals surface area (Å²) in [5.74, 6) is 0.363. The number of hydrogen-bond donors (Lipinski definition) is 0. The van der Waals surface area contributed by atoms with E-state index in [1.165, 1.54) is 18.4 Å². The molecule has 0 aliphatic carbocycles. The summed E-state index contributed by atoms with van der Waals surface area (Å²) in [6.45, 7) is 9.28. The number of benzene rings is 1. The van der Waals surface area contributed by atoms with Crippen LogP contribution in [0.15, 0.2) is 18.2 Å². The average molecular weight is 357 g/mol. The van der Waals surface area contributed by atoms with Crippen molar-refractivity contribution in [2.24, 2.45) is 0 Å². The number of likely N-dealkylation sites (tertiary alicyclic amines) is 1. The van der Waals surface area contributed by atoms with Crippen molar-refractivity contribution in [3.05, 3.63) is 34.9 Å². The molecule has 0 spiro atoms. The Labute approximate surface area is 156 Å². The highest BCUT2D eigenvalue weighted by Crippen LogP contribution is 2.15. The molecule has 0 radical (unpaired) electrons. The van der Waals surface area contributed by atoms with Crippen LogP contribution in [-0.2, 0) is 4.79 Å². The zero-order valence-electron chi connectivity index (χ0n) is 16.2. The largest absolute Gasteiger partial charge is 0.342 e. The van der Waals surface area contributed by atoms with E-state index in [2.05, 4.69) is 11.0 Å². The van der Waals surface area contributed by atoms with Gasteiger partial charge in [0.15, 0.2) is 0 Å². The molecule has 3 rings (SSSR count). The van der Waals surface area contributed by atoms with E-state index >= 15 is 0 Å². The molecule has 1 aromatic rings. The second kappa shape index (κ2) is 8.67. The number of hydrogen-bond acceptors (Lipinski definition) is 3. The Balaban J connectivity index is 1.50. The maximum absolute atomic E-state index is 12.8. The first-order valence-corrected chi connectivity index (χ1v) is 9.91. The van der Waals surface area contributed by atoms with Crippen molar-refractivity contribution in [2.75, 3.05) is 45.8 Å². The number of nitrogens with zero attached hydrogens (tertiary/aromatic N) is 3. The zero-order valence-corrected chi connectivity index (χ0v) is 16.2. The predicted octanol–water partition coefficient (Wildman–Crippen LogP) is 2.46. The third-order valence-corrected chi connectivity index (χ3v) is 5.59. The Hall–Kier alpha value is -1.88. The van der Waals surface area contributed by atoms with Crippen molar-refractivity contribution in [1.29, 1.82) is 0 Å². The number of aryl methyl sites for hydroxylation is 2. The summed E-state index contributed by atoms with van der Waals surface area (Å²) in [6.07, 6.45) is 4.74. The molecular weight excluding hydrogens is 326 g/mol. The van der Waals surface area contributed by atoms with Crippen molar-refractivity contribution >= 4 is 11.8 Å². The van der Waals surface area contributed by atoms with E-state index in [1.54, 1.807) is 0 Å². The van der Waals surface area contributed by atoms with Crippen LogP contribution in [0, 0.1) is 13.8 Å². The lowest BCUT2D eigenvalue weighted by atomic mass is 10.0. The summed E-state index contributed by atoms with van der Waals surface area (Å²) in [7, 11) is 0. The summed E-state index contributed by atoms with van der Waals surface area (Å²) in [5.41, 5.74) is 3.01. The van der Waals surface area contributed by atoms with Crippen molar-refractivity contribution in [2.45, 2.75) is 39.5 Å². The Morgan fingerprint density at radius 1 is 0.846 bits per heavy atom. The summed E-state index contributed by atoms with van der Waals surface area (Å²) in [6, 6.07) is 5.99. The van der Waals surface area contributed by atoms with Gasteiger partial charge in [0.05, 0.1) is 6.54 Å². The van der Waals surface area contributed by atoms with E-state index in [0.717, 1.165) is 50.1 Å². The second-order valence-electron chi connectivity index (χ2n) is 7.68. The van der Waals surface area contributed by atoms with E-state index in [-0.39, 0.29) is 11.8 Å². The lowest BCUT2D eigenvalue weighted by molar-refractivity contribution is -0.132. The van der Waals surface area contributed by atoms with Crippen LogP contribution in [-0.4, -0.2) is 72.3 Å². The molecule has 0 bridgehead atoms. The molecule has 2 aliphatic rings. The average Bonchev–Trinajstić information content (AvgIpc) is 2.91. The fourth-order valence-corrected chi connectivity index (χ4v) is 3.94. The Kier molecular flexibility index (Phi) is 6.30. The SMILES string of the molecule is Cc1ccc(C(=O)N2CCN(CC(=O)N3CCCCCC3)CC2)c(C)c1. The molecule has 5 heteroatoms. The molecule has 26 heavy (non-hydrogen) atoms. The predicted molar refractivity (Wildman–Crippen MR) is 103 cm³/mol. The number of carbonyl (C=O) groups is 2. The van der Waals surface area contributed by atoms with Gasteiger partial charge in [-0.2, -0.15) is 0 Å². The molecule has 0 aromatic heterocycles. The van der Waals surface area contributed by atoms with Crippen molar-refractivity contribution in [3.8, 4) is 0 Å². The van der Waals surface area contributed by atoms with Crippen LogP contribution in [0.4, 0.5) is 0 Å². The van der Waals surface area contributed by atoms with Gasteiger partial charge >= 0.3 is 0 Å². The summed E-state index contributed by atoms with van der Waals surface area (Å²) in [5, 5.41) is 0. The molecule has 0 N–H and O–H groups in total. The third-order valence-electron chi connectivity index (χ3n) is 5.59. The Bertz CT molecular complexity index is 643. The van der Waals surface area contributed by atoms with Gasteiger partial charge in [0.25, 0.3) is 5.91 Å². The van der Waals surface area contributed by atoms with Gasteiger partial charge in [0.1, 0.15) is 0 Å². The number of amides is 2. The maximum atomic E-state index is 12.8. The van der Waals surface area contributed by atoms with Crippen LogP contribution in [0.5, 0.6) is 0 Å². The lowest BCUT2D eigenvalue weighted by Crippen LogP contribution is -2.51. The van der Waals surface area contributed by atoms with Crippen LogP contribution in [0.2, 0.25) is 0 Å². The van der Waals surface area contributed by atoms with E-state index in [0.29, 0.717) is 19.6 Å². The Morgan fingerprint density at radius 3 is 2.12 bits per heavy atom. The first-order chi connectivity index (χ1) is 12.5. The van der Waals surface area contributed by atoms with Crippen molar-refractivity contribution in [3.63, 3.8) is 0 Å². The van der Waals surface area contributed by atoms with Gasteiger partial charge in [-0.1, -0.05) is 30.5 Å². The monoisotopic (exact) mass is 357 g/mol. The van der Waals surface area contributed by atoms with Crippen molar-refractivity contribution < 1.29 is 9.59 Å². The van der Waals surface area contributed by atoms with Crippen LogP contribution >= 0.6 is 0 Å². The smallest absolute Gasteiger partial charge is 0.254 e. The van der Waals surface area contributed by atoms with E-state index in [4.69, 9.17) is 0 Å². The number of carbonyl (C=O) groups excluding carboxylic acids is 2. The standard InChI is InChI=1S/C21H31N3O2/c1-17-7-8-19(18(2)15-17)21(26)24-13-11-22(12-14-24)16-20(25)23-9-5-3-4-6-10-23/h7-8,15H,3-6,9-14,16H2,1-2H3. The molecule has 0 saturated carbocycles. The highest BCUT2D eigenvalue weighted by Gasteiger charge is 2.25. The van der Waals surface area contributed by atoms with Crippen LogP contribution in [0.25, 0.3) is 0 Å². The molecule has 142 valence electrons. The fraction of sp³-hybridized carbons (Fsp3) is 0.619. The number of piperazine rings is 1. The van der Waals surface area contributed by atoms with Gasteiger partial charge in [0.2, 0.25) is 5.91 Å². The lowest BCUT2D eigenvalue weighted by Gasteiger charge is -2.35. The van der Waals surface area contributed by atoms with Gasteiger partial charge < -0.3 is 9.80 Å². The van der Waals surface area contributed by atoms with Crippen LogP contribution in [0.1, 0.15) is 47.2 Å². The highest BCUT2D eigenvalue weighted by molar-refractivity contribution is 5.95. The molecule has 1 aromatic carbocycles. The minimum Gasteiger partial charge on any atom is -0.342 e. The van der Waals surface area contributed by atoms with Crippen molar-refractivity contribution in [1.82, 2.24) is 14.7 Å². The summed E-state index contributed by atoms with van der Waals surface area (Å²) in [4.78, 5) is 31.5. The molecule has 2 aliphatic heterocycles. The topological polar surface area (TPSA) is 43.9 Å². The molecule has 2 heterocycles. The highest BCUT2D eigenvalue weighted by atomic mass is 16.2. The normalized spacial score (nSPS) is 19.3. The maximum Gasteiger partial charge on any atom is 0.254 e. The van der Waals surface area contributed by atoms with Gasteiger partial charge in [-0.05, 0) is 38.3 Å². The third kappa shape index (κ3) is 4.64. The molecule has 2 fully saturated rings. The zero-order chi connectivity index (χ0) is 18.5. The summed E-state index contributed by atoms with van der Waals surface area (Å²) < 4.78 is 0. The number of rotatable bonds is 3. The van der Waals surface area contributed by atoms with Gasteiger partial charge in [-0.3, -0.25) is 14.5 Å². The van der Waals surface area contributed by atoms with Gasteiger partial charge in [0, 0.05) is 44.8 Å². The molecule has 2 saturated heterocycles. The molecule has 0 unspecified atom stereocenters.